The van der Waals surface area contributed by atoms with E-state index in [-0.39, 0.29) is 0 Å². The molecule has 1 aliphatic rings. The van der Waals surface area contributed by atoms with Crippen LogP contribution in [-0.2, 0) is 19.2 Å². The largest absolute Gasteiger partial charge is 0.231 e. The predicted octanol–water partition coefficient (Wildman–Crippen LogP) is 5.48. The monoisotopic (exact) mass is 418 g/mol. The van der Waals surface area contributed by atoms with E-state index in [4.69, 9.17) is 40.8 Å². The number of rotatable bonds is 0. The van der Waals surface area contributed by atoms with Gasteiger partial charge in [-0.1, -0.05) is 38.5 Å². The molecule has 1 aromatic carbocycles. The Balaban J connectivity index is -0.000000158. The molecule has 0 amide bonds. The second kappa shape index (κ2) is 25.7. The molecule has 0 spiro atoms. The van der Waals surface area contributed by atoms with Gasteiger partial charge in [-0.25, -0.2) is 40.8 Å². The molecule has 166 valence electrons. The van der Waals surface area contributed by atoms with Crippen molar-refractivity contribution in [2.45, 2.75) is 80.1 Å². The Kier molecular flexibility index (Phi) is 29.4. The fourth-order valence-electron chi connectivity index (χ4n) is 2.75. The van der Waals surface area contributed by atoms with Crippen LogP contribution in [0.3, 0.4) is 0 Å². The third kappa shape index (κ3) is 19.5. The third-order valence-corrected chi connectivity index (χ3v) is 4.88. The maximum Gasteiger partial charge on any atom is 0.231 e. The molecule has 0 atom stereocenters. The summed E-state index contributed by atoms with van der Waals surface area (Å²) in [6.45, 7) is 13.3. The van der Waals surface area contributed by atoms with Crippen LogP contribution in [-0.4, -0.2) is 24.3 Å². The third-order valence-electron chi connectivity index (χ3n) is 4.88. The number of isocyanates is 4. The minimum Gasteiger partial charge on any atom is -0.222 e. The summed E-state index contributed by atoms with van der Waals surface area (Å²) in [5.41, 5.74) is 8.73. The van der Waals surface area contributed by atoms with Crippen molar-refractivity contribution in [2.75, 3.05) is 0 Å². The van der Waals surface area contributed by atoms with Crippen LogP contribution in [0.1, 0.15) is 71.9 Å². The van der Waals surface area contributed by atoms with Crippen LogP contribution < -0.4 is 0 Å². The Bertz CT molecular complexity index is 565. The zero-order valence-corrected chi connectivity index (χ0v) is 18.9. The molecule has 0 aliphatic heterocycles. The molecule has 30 heavy (non-hydrogen) atoms. The number of hydrogen-bond donors (Lipinski definition) is 4. The van der Waals surface area contributed by atoms with Gasteiger partial charge >= 0.3 is 0 Å². The number of nitrogens with one attached hydrogen (secondary N) is 4. The second-order valence-electron chi connectivity index (χ2n) is 6.28. The van der Waals surface area contributed by atoms with Crippen molar-refractivity contribution in [1.82, 2.24) is 0 Å². The summed E-state index contributed by atoms with van der Waals surface area (Å²) >= 11 is 0. The molecular weight excluding hydrogens is 384 g/mol. The van der Waals surface area contributed by atoms with E-state index in [9.17, 15) is 0 Å². The van der Waals surface area contributed by atoms with Gasteiger partial charge in [0.25, 0.3) is 0 Å². The molecule has 0 saturated heterocycles. The van der Waals surface area contributed by atoms with Gasteiger partial charge in [0.1, 0.15) is 0 Å². The van der Waals surface area contributed by atoms with E-state index in [0.29, 0.717) is 0 Å². The summed E-state index contributed by atoms with van der Waals surface area (Å²) in [5, 5.41) is 21.6. The van der Waals surface area contributed by atoms with Gasteiger partial charge in [-0.05, 0) is 74.9 Å². The molecule has 0 aromatic heterocycles. The van der Waals surface area contributed by atoms with Gasteiger partial charge in [-0.2, -0.15) is 0 Å². The Labute approximate surface area is 179 Å². The summed E-state index contributed by atoms with van der Waals surface area (Å²) in [6, 6.07) is 0. The van der Waals surface area contributed by atoms with Gasteiger partial charge in [-0.15, -0.1) is 0 Å². The lowest BCUT2D eigenvalue weighted by molar-refractivity contribution is 0.504. The standard InChI is InChI=1S/C12H18.C6H12.4CHNO/c1-7-8(2)10(4)12(6)11(5)9(7)3;1-2-4-6-5-3-1;4*2-1-3/h1-6H3;1-6H2;4*2H. The highest BCUT2D eigenvalue weighted by atomic mass is 16.1. The molecule has 0 radical (unpaired) electrons. The molecule has 8 nitrogen and oxygen atoms in total. The predicted molar refractivity (Wildman–Crippen MR) is 116 cm³/mol. The Morgan fingerprint density at radius 2 is 0.467 bits per heavy atom. The van der Waals surface area contributed by atoms with Crippen molar-refractivity contribution in [2.24, 2.45) is 0 Å². The summed E-state index contributed by atoms with van der Waals surface area (Å²) in [7, 11) is 0. The number of hydrogen-bond acceptors (Lipinski definition) is 8. The average Bonchev–Trinajstić information content (AvgIpc) is 2.73. The first-order chi connectivity index (χ1) is 14.1. The van der Waals surface area contributed by atoms with Crippen molar-refractivity contribution in [3.05, 3.63) is 33.4 Å². The molecule has 0 heterocycles. The van der Waals surface area contributed by atoms with Crippen LogP contribution in [0.15, 0.2) is 0 Å². The molecule has 1 aliphatic carbocycles. The van der Waals surface area contributed by atoms with Crippen molar-refractivity contribution >= 4 is 24.3 Å². The molecule has 1 saturated carbocycles. The number of carbonyl (C=O) groups excluding carboxylic acids is 4. The molecule has 2 rings (SSSR count). The van der Waals surface area contributed by atoms with E-state index in [1.165, 1.54) is 71.9 Å². The summed E-state index contributed by atoms with van der Waals surface area (Å²) in [6.07, 6.45) is 12.0. The van der Waals surface area contributed by atoms with Gasteiger partial charge in [0, 0.05) is 0 Å². The summed E-state index contributed by atoms with van der Waals surface area (Å²) in [4.78, 5) is 33.4. The molecular formula is C22H34N4O4. The summed E-state index contributed by atoms with van der Waals surface area (Å²) in [5.74, 6) is 0. The quantitative estimate of drug-likeness (QED) is 0.324. The van der Waals surface area contributed by atoms with Crippen molar-refractivity contribution in [3.63, 3.8) is 0 Å². The lowest BCUT2D eigenvalue weighted by Crippen LogP contribution is -1.98. The van der Waals surface area contributed by atoms with Crippen molar-refractivity contribution < 1.29 is 19.2 Å². The van der Waals surface area contributed by atoms with Gasteiger partial charge in [0.15, 0.2) is 0 Å². The number of benzene rings is 1. The van der Waals surface area contributed by atoms with E-state index in [1.54, 1.807) is 0 Å². The van der Waals surface area contributed by atoms with Crippen LogP contribution in [0, 0.1) is 63.2 Å². The molecule has 4 N–H and O–H groups in total. The zero-order chi connectivity index (χ0) is 24.5. The summed E-state index contributed by atoms with van der Waals surface area (Å²) < 4.78 is 0. The highest BCUT2D eigenvalue weighted by molar-refractivity contribution is 5.48. The van der Waals surface area contributed by atoms with Gasteiger partial charge in [0.05, 0.1) is 0 Å². The Hall–Kier alpha value is -3.26. The fraction of sp³-hybridized carbons (Fsp3) is 0.545. The van der Waals surface area contributed by atoms with E-state index < -0.39 is 0 Å². The van der Waals surface area contributed by atoms with Gasteiger partial charge in [0.2, 0.25) is 24.3 Å². The smallest absolute Gasteiger partial charge is 0.222 e. The average molecular weight is 419 g/mol. The van der Waals surface area contributed by atoms with E-state index in [2.05, 4.69) is 41.5 Å². The first-order valence-electron chi connectivity index (χ1n) is 9.32. The molecule has 1 fully saturated rings. The highest BCUT2D eigenvalue weighted by Crippen LogP contribution is 2.24. The van der Waals surface area contributed by atoms with Crippen molar-refractivity contribution in [3.8, 4) is 0 Å². The van der Waals surface area contributed by atoms with E-state index in [1.807, 2.05) is 0 Å². The van der Waals surface area contributed by atoms with Crippen LogP contribution in [0.2, 0.25) is 0 Å². The maximum absolute atomic E-state index is 8.35. The topological polar surface area (TPSA) is 164 Å². The Morgan fingerprint density at radius 1 is 0.400 bits per heavy atom. The van der Waals surface area contributed by atoms with E-state index in [0.717, 1.165) is 24.3 Å². The minimum absolute atomic E-state index is 0.750. The van der Waals surface area contributed by atoms with Gasteiger partial charge in [-0.3, -0.25) is 0 Å². The van der Waals surface area contributed by atoms with Crippen LogP contribution in [0.25, 0.3) is 0 Å². The SMILES string of the molecule is C1CCCCC1.Cc1c(C)c(C)c(C)c(C)c1C.N=C=O.N=C=O.N=C=O.N=C=O. The molecule has 0 unspecified atom stereocenters. The van der Waals surface area contributed by atoms with Crippen LogP contribution in [0.4, 0.5) is 0 Å². The fourth-order valence-corrected chi connectivity index (χ4v) is 2.75. The molecule has 1 aromatic rings. The molecule has 0 bridgehead atoms. The first kappa shape index (κ1) is 34.3. The highest BCUT2D eigenvalue weighted by Gasteiger charge is 2.07. The maximum atomic E-state index is 8.35. The minimum atomic E-state index is 0.750. The second-order valence-corrected chi connectivity index (χ2v) is 6.28. The van der Waals surface area contributed by atoms with Crippen molar-refractivity contribution in [1.29, 1.82) is 21.6 Å². The van der Waals surface area contributed by atoms with Gasteiger partial charge < -0.3 is 0 Å². The van der Waals surface area contributed by atoms with Crippen LogP contribution in [0.5, 0.6) is 0 Å². The first-order valence-corrected chi connectivity index (χ1v) is 9.32. The van der Waals surface area contributed by atoms with Crippen LogP contribution >= 0.6 is 0 Å². The normalized spacial score (nSPS) is 10.1. The Morgan fingerprint density at radius 3 is 0.533 bits per heavy atom. The lowest BCUT2D eigenvalue weighted by Gasteiger charge is -2.15. The zero-order valence-electron chi connectivity index (χ0n) is 18.9. The lowest BCUT2D eigenvalue weighted by atomic mass is 9.90. The van der Waals surface area contributed by atoms with E-state index >= 15 is 0 Å². The molecule has 8 heteroatoms.